The van der Waals surface area contributed by atoms with Crippen LogP contribution in [0.3, 0.4) is 0 Å². The molecule has 1 N–H and O–H groups in total. The van der Waals surface area contributed by atoms with E-state index in [0.717, 1.165) is 51.1 Å². The van der Waals surface area contributed by atoms with Gasteiger partial charge in [-0.25, -0.2) is 4.79 Å². The molecular formula is C14H24N4O3. The van der Waals surface area contributed by atoms with E-state index in [-0.39, 0.29) is 6.09 Å². The number of amides is 1. The van der Waals surface area contributed by atoms with Crippen LogP contribution in [0, 0.1) is 0 Å². The molecule has 2 heterocycles. The second-order valence-corrected chi connectivity index (χ2v) is 5.12. The minimum Gasteiger partial charge on any atom is -0.450 e. The fraction of sp³-hybridized carbons (Fsp3) is 0.786. The van der Waals surface area contributed by atoms with Gasteiger partial charge in [-0.3, -0.25) is 0 Å². The molecule has 0 saturated carbocycles. The predicted octanol–water partition coefficient (Wildman–Crippen LogP) is 1.38. The first-order valence-electron chi connectivity index (χ1n) is 7.69. The average Bonchev–Trinajstić information content (AvgIpc) is 2.96. The highest BCUT2D eigenvalue weighted by Gasteiger charge is 2.23. The highest BCUT2D eigenvalue weighted by atomic mass is 16.6. The van der Waals surface area contributed by atoms with E-state index in [0.29, 0.717) is 18.5 Å². The maximum atomic E-state index is 11.6. The number of nitrogens with one attached hydrogen (secondary N) is 1. The van der Waals surface area contributed by atoms with Crippen molar-refractivity contribution in [3.8, 4) is 0 Å². The van der Waals surface area contributed by atoms with Crippen molar-refractivity contribution in [2.75, 3.05) is 26.2 Å². The number of carbonyl (C=O) groups excluding carboxylic acids is 1. The zero-order valence-electron chi connectivity index (χ0n) is 12.8. The number of carbonyl (C=O) groups is 1. The quantitative estimate of drug-likeness (QED) is 0.854. The summed E-state index contributed by atoms with van der Waals surface area (Å²) in [6.45, 7) is 6.57. The number of ether oxygens (including phenoxy) is 1. The van der Waals surface area contributed by atoms with Gasteiger partial charge < -0.3 is 19.5 Å². The molecule has 0 radical (unpaired) electrons. The molecule has 21 heavy (non-hydrogen) atoms. The van der Waals surface area contributed by atoms with Gasteiger partial charge in [-0.05, 0) is 19.8 Å². The van der Waals surface area contributed by atoms with Crippen molar-refractivity contribution in [1.82, 2.24) is 20.4 Å². The number of rotatable bonds is 6. The van der Waals surface area contributed by atoms with Crippen LogP contribution in [-0.4, -0.2) is 53.4 Å². The minimum absolute atomic E-state index is 0.200. The smallest absolute Gasteiger partial charge is 0.409 e. The van der Waals surface area contributed by atoms with E-state index in [2.05, 4.69) is 15.5 Å². The number of hydrogen-bond donors (Lipinski definition) is 1. The van der Waals surface area contributed by atoms with Crippen molar-refractivity contribution < 1.29 is 14.1 Å². The number of aryl methyl sites for hydroxylation is 1. The highest BCUT2D eigenvalue weighted by Crippen LogP contribution is 2.11. The van der Waals surface area contributed by atoms with E-state index >= 15 is 0 Å². The fourth-order valence-corrected chi connectivity index (χ4v) is 2.40. The molecular weight excluding hydrogens is 272 g/mol. The molecule has 2 rings (SSSR count). The lowest BCUT2D eigenvalue weighted by molar-refractivity contribution is 0.0951. The predicted molar refractivity (Wildman–Crippen MR) is 77.0 cm³/mol. The van der Waals surface area contributed by atoms with Crippen LogP contribution in [0.2, 0.25) is 0 Å². The van der Waals surface area contributed by atoms with Gasteiger partial charge in [-0.2, -0.15) is 4.98 Å². The monoisotopic (exact) mass is 296 g/mol. The molecule has 0 unspecified atom stereocenters. The molecule has 7 nitrogen and oxygen atoms in total. The maximum absolute atomic E-state index is 11.6. The summed E-state index contributed by atoms with van der Waals surface area (Å²) in [5.74, 6) is 1.44. The molecule has 7 heteroatoms. The zero-order valence-corrected chi connectivity index (χ0v) is 12.8. The molecule has 0 aliphatic carbocycles. The van der Waals surface area contributed by atoms with Gasteiger partial charge in [-0.15, -0.1) is 0 Å². The molecule has 1 fully saturated rings. The van der Waals surface area contributed by atoms with Crippen LogP contribution in [0.4, 0.5) is 4.79 Å². The molecule has 0 bridgehead atoms. The standard InChI is InChI=1S/C14H24N4O3/c1-3-12-16-13(21-17-12)5-8-15-11-6-9-18(10-7-11)14(19)20-4-2/h11,15H,3-10H2,1-2H3. The second kappa shape index (κ2) is 7.97. The third-order valence-corrected chi connectivity index (χ3v) is 3.62. The van der Waals surface area contributed by atoms with Gasteiger partial charge in [0.1, 0.15) is 0 Å². The van der Waals surface area contributed by atoms with Crippen LogP contribution in [0.1, 0.15) is 38.4 Å². The third kappa shape index (κ3) is 4.70. The first-order valence-corrected chi connectivity index (χ1v) is 7.69. The van der Waals surface area contributed by atoms with Crippen molar-refractivity contribution >= 4 is 6.09 Å². The zero-order chi connectivity index (χ0) is 15.1. The van der Waals surface area contributed by atoms with Crippen LogP contribution in [-0.2, 0) is 17.6 Å². The third-order valence-electron chi connectivity index (χ3n) is 3.62. The molecule has 1 amide bonds. The van der Waals surface area contributed by atoms with E-state index in [9.17, 15) is 4.79 Å². The van der Waals surface area contributed by atoms with E-state index in [1.165, 1.54) is 0 Å². The van der Waals surface area contributed by atoms with Gasteiger partial charge in [-0.1, -0.05) is 12.1 Å². The van der Waals surface area contributed by atoms with Crippen LogP contribution in [0.25, 0.3) is 0 Å². The van der Waals surface area contributed by atoms with E-state index < -0.39 is 0 Å². The largest absolute Gasteiger partial charge is 0.450 e. The van der Waals surface area contributed by atoms with Crippen molar-refractivity contribution in [1.29, 1.82) is 0 Å². The van der Waals surface area contributed by atoms with E-state index in [4.69, 9.17) is 9.26 Å². The van der Waals surface area contributed by atoms with Gasteiger partial charge in [0.25, 0.3) is 0 Å². The van der Waals surface area contributed by atoms with Crippen molar-refractivity contribution in [2.24, 2.45) is 0 Å². The van der Waals surface area contributed by atoms with E-state index in [1.807, 2.05) is 13.8 Å². The average molecular weight is 296 g/mol. The van der Waals surface area contributed by atoms with Gasteiger partial charge in [0.15, 0.2) is 5.82 Å². The van der Waals surface area contributed by atoms with E-state index in [1.54, 1.807) is 4.90 Å². The molecule has 1 aromatic rings. The van der Waals surface area contributed by atoms with Gasteiger partial charge in [0.2, 0.25) is 5.89 Å². The van der Waals surface area contributed by atoms with Crippen LogP contribution in [0.15, 0.2) is 4.52 Å². The first kappa shape index (κ1) is 15.8. The summed E-state index contributed by atoms with van der Waals surface area (Å²) in [6.07, 6.45) is 3.23. The van der Waals surface area contributed by atoms with Crippen molar-refractivity contribution in [3.05, 3.63) is 11.7 Å². The van der Waals surface area contributed by atoms with Gasteiger partial charge in [0.05, 0.1) is 6.61 Å². The Hall–Kier alpha value is -1.63. The van der Waals surface area contributed by atoms with Crippen LogP contribution >= 0.6 is 0 Å². The molecule has 0 atom stereocenters. The Morgan fingerprint density at radius 1 is 1.43 bits per heavy atom. The molecule has 0 aromatic carbocycles. The molecule has 1 aliphatic heterocycles. The van der Waals surface area contributed by atoms with Crippen LogP contribution < -0.4 is 5.32 Å². The fourth-order valence-electron chi connectivity index (χ4n) is 2.40. The lowest BCUT2D eigenvalue weighted by Gasteiger charge is -2.31. The first-order chi connectivity index (χ1) is 10.2. The Morgan fingerprint density at radius 2 is 2.19 bits per heavy atom. The number of nitrogens with zero attached hydrogens (tertiary/aromatic N) is 3. The maximum Gasteiger partial charge on any atom is 0.409 e. The Balaban J connectivity index is 1.63. The SMILES string of the molecule is CCOC(=O)N1CCC(NCCc2nc(CC)no2)CC1. The normalized spacial score (nSPS) is 16.2. The number of piperidine rings is 1. The highest BCUT2D eigenvalue weighted by molar-refractivity contribution is 5.67. The van der Waals surface area contributed by atoms with Crippen molar-refractivity contribution in [2.45, 2.75) is 45.6 Å². The Kier molecular flexibility index (Phi) is 5.98. The van der Waals surface area contributed by atoms with Gasteiger partial charge in [0, 0.05) is 38.5 Å². The molecule has 118 valence electrons. The summed E-state index contributed by atoms with van der Waals surface area (Å²) >= 11 is 0. The summed E-state index contributed by atoms with van der Waals surface area (Å²) in [5.41, 5.74) is 0. The lowest BCUT2D eigenvalue weighted by atomic mass is 10.1. The second-order valence-electron chi connectivity index (χ2n) is 5.12. The molecule has 1 aromatic heterocycles. The number of aromatic nitrogens is 2. The summed E-state index contributed by atoms with van der Waals surface area (Å²) < 4.78 is 10.2. The number of likely N-dealkylation sites (tertiary alicyclic amines) is 1. The topological polar surface area (TPSA) is 80.5 Å². The summed E-state index contributed by atoms with van der Waals surface area (Å²) in [5, 5.41) is 7.36. The Labute approximate surface area is 125 Å². The Morgan fingerprint density at radius 3 is 2.81 bits per heavy atom. The number of hydrogen-bond acceptors (Lipinski definition) is 6. The van der Waals surface area contributed by atoms with Gasteiger partial charge >= 0.3 is 6.09 Å². The molecule has 0 spiro atoms. The Bertz CT molecular complexity index is 441. The van der Waals surface area contributed by atoms with Crippen molar-refractivity contribution in [3.63, 3.8) is 0 Å². The summed E-state index contributed by atoms with van der Waals surface area (Å²) in [7, 11) is 0. The minimum atomic E-state index is -0.200. The van der Waals surface area contributed by atoms with Crippen LogP contribution in [0.5, 0.6) is 0 Å². The molecule has 1 aliphatic rings. The lowest BCUT2D eigenvalue weighted by Crippen LogP contribution is -2.45. The summed E-state index contributed by atoms with van der Waals surface area (Å²) in [4.78, 5) is 17.6. The molecule has 1 saturated heterocycles. The summed E-state index contributed by atoms with van der Waals surface area (Å²) in [6, 6.07) is 0.434.